The SMILES string of the molecule is COCC(Oc1cc(Cl)ccc1[N+](=O)[O-])C(=O)NN. The molecule has 0 aliphatic rings. The zero-order valence-corrected chi connectivity index (χ0v) is 10.7. The van der Waals surface area contributed by atoms with Crippen LogP contribution in [0.1, 0.15) is 0 Å². The number of hydrogen-bond acceptors (Lipinski definition) is 6. The van der Waals surface area contributed by atoms with Crippen LogP contribution in [0, 0.1) is 10.1 Å². The van der Waals surface area contributed by atoms with E-state index in [0.29, 0.717) is 0 Å². The Kier molecular flexibility index (Phi) is 5.49. The Morgan fingerprint density at radius 2 is 2.32 bits per heavy atom. The summed E-state index contributed by atoms with van der Waals surface area (Å²) < 4.78 is 10.0. The van der Waals surface area contributed by atoms with E-state index in [4.69, 9.17) is 26.9 Å². The molecule has 1 aromatic rings. The fraction of sp³-hybridized carbons (Fsp3) is 0.300. The third-order valence-electron chi connectivity index (χ3n) is 2.14. The Hall–Kier alpha value is -1.90. The van der Waals surface area contributed by atoms with Crippen molar-refractivity contribution in [2.45, 2.75) is 6.10 Å². The van der Waals surface area contributed by atoms with Gasteiger partial charge in [-0.25, -0.2) is 5.84 Å². The van der Waals surface area contributed by atoms with Gasteiger partial charge in [0.2, 0.25) is 6.10 Å². The highest BCUT2D eigenvalue weighted by Gasteiger charge is 2.24. The molecule has 104 valence electrons. The van der Waals surface area contributed by atoms with E-state index in [1.165, 1.54) is 25.3 Å². The number of hydrogen-bond donors (Lipinski definition) is 2. The van der Waals surface area contributed by atoms with E-state index in [1.54, 1.807) is 0 Å². The number of hydrazine groups is 1. The van der Waals surface area contributed by atoms with Crippen LogP contribution in [-0.2, 0) is 9.53 Å². The van der Waals surface area contributed by atoms with Crippen molar-refractivity contribution in [3.63, 3.8) is 0 Å². The minimum atomic E-state index is -1.12. The summed E-state index contributed by atoms with van der Waals surface area (Å²) in [6.07, 6.45) is -1.12. The molecule has 19 heavy (non-hydrogen) atoms. The largest absolute Gasteiger partial charge is 0.471 e. The lowest BCUT2D eigenvalue weighted by molar-refractivity contribution is -0.386. The number of carbonyl (C=O) groups is 1. The molecule has 1 amide bonds. The lowest BCUT2D eigenvalue weighted by Crippen LogP contribution is -2.44. The van der Waals surface area contributed by atoms with Crippen LogP contribution < -0.4 is 16.0 Å². The minimum Gasteiger partial charge on any atom is -0.471 e. The maximum Gasteiger partial charge on any atom is 0.311 e. The molecule has 0 saturated carbocycles. The number of nitrogens with two attached hydrogens (primary N) is 1. The number of nitro groups is 1. The van der Waals surface area contributed by atoms with Crippen LogP contribution in [0.3, 0.4) is 0 Å². The average molecular weight is 290 g/mol. The molecule has 0 fully saturated rings. The van der Waals surface area contributed by atoms with E-state index in [9.17, 15) is 14.9 Å². The van der Waals surface area contributed by atoms with E-state index < -0.39 is 16.9 Å². The summed E-state index contributed by atoms with van der Waals surface area (Å²) in [5, 5.41) is 11.1. The van der Waals surface area contributed by atoms with Gasteiger partial charge in [0, 0.05) is 24.3 Å². The van der Waals surface area contributed by atoms with Gasteiger partial charge >= 0.3 is 5.69 Å². The van der Waals surface area contributed by atoms with Crippen molar-refractivity contribution in [1.82, 2.24) is 5.43 Å². The first-order valence-corrected chi connectivity index (χ1v) is 5.47. The lowest BCUT2D eigenvalue weighted by Gasteiger charge is -2.16. The minimum absolute atomic E-state index is 0.118. The van der Waals surface area contributed by atoms with Gasteiger partial charge in [-0.1, -0.05) is 11.6 Å². The standard InChI is InChI=1S/C10H12ClN3O5/c1-18-5-9(10(15)13-12)19-8-4-6(11)2-3-7(8)14(16)17/h2-4,9H,5,12H2,1H3,(H,13,15). The number of rotatable bonds is 6. The van der Waals surface area contributed by atoms with Gasteiger partial charge < -0.3 is 9.47 Å². The van der Waals surface area contributed by atoms with Crippen LogP contribution >= 0.6 is 11.6 Å². The van der Waals surface area contributed by atoms with Crippen LogP contribution in [-0.4, -0.2) is 30.7 Å². The quantitative estimate of drug-likeness (QED) is 0.343. The maximum atomic E-state index is 11.4. The molecule has 1 unspecified atom stereocenters. The van der Waals surface area contributed by atoms with Crippen LogP contribution in [0.5, 0.6) is 5.75 Å². The van der Waals surface area contributed by atoms with E-state index in [0.717, 1.165) is 0 Å². The van der Waals surface area contributed by atoms with Crippen LogP contribution in [0.4, 0.5) is 5.69 Å². The van der Waals surface area contributed by atoms with Gasteiger partial charge in [0.25, 0.3) is 5.91 Å². The number of nitrogens with zero attached hydrogens (tertiary/aromatic N) is 1. The fourth-order valence-electron chi connectivity index (χ4n) is 1.29. The Labute approximate surface area is 113 Å². The van der Waals surface area contributed by atoms with Crippen molar-refractivity contribution < 1.29 is 19.2 Å². The summed E-state index contributed by atoms with van der Waals surface area (Å²) in [7, 11) is 1.35. The molecular weight excluding hydrogens is 278 g/mol. The number of halogens is 1. The Bertz CT molecular complexity index is 482. The second kappa shape index (κ2) is 6.88. The Morgan fingerprint density at radius 3 is 2.84 bits per heavy atom. The van der Waals surface area contributed by atoms with Crippen molar-refractivity contribution >= 4 is 23.2 Å². The number of amides is 1. The maximum absolute atomic E-state index is 11.4. The second-order valence-corrected chi connectivity index (χ2v) is 3.88. The van der Waals surface area contributed by atoms with E-state index >= 15 is 0 Å². The van der Waals surface area contributed by atoms with Crippen molar-refractivity contribution in [2.75, 3.05) is 13.7 Å². The summed E-state index contributed by atoms with van der Waals surface area (Å²) in [5.74, 6) is 4.18. The van der Waals surface area contributed by atoms with Crippen molar-refractivity contribution in [3.05, 3.63) is 33.3 Å². The number of carbonyl (C=O) groups excluding carboxylic acids is 1. The molecule has 1 aromatic carbocycles. The number of methoxy groups -OCH3 is 1. The number of nitrogens with one attached hydrogen (secondary N) is 1. The van der Waals surface area contributed by atoms with Gasteiger partial charge in [0.15, 0.2) is 5.75 Å². The normalized spacial score (nSPS) is 11.7. The summed E-state index contributed by atoms with van der Waals surface area (Å²) >= 11 is 5.74. The molecule has 1 rings (SSSR count). The average Bonchev–Trinajstić information content (AvgIpc) is 2.37. The first-order valence-electron chi connectivity index (χ1n) is 5.09. The van der Waals surface area contributed by atoms with Crippen molar-refractivity contribution in [2.24, 2.45) is 5.84 Å². The molecule has 0 radical (unpaired) electrons. The van der Waals surface area contributed by atoms with Gasteiger partial charge in [0.1, 0.15) is 0 Å². The number of benzene rings is 1. The molecule has 1 atom stereocenters. The molecule has 3 N–H and O–H groups in total. The zero-order chi connectivity index (χ0) is 14.4. The number of ether oxygens (including phenoxy) is 2. The highest BCUT2D eigenvalue weighted by atomic mass is 35.5. The second-order valence-electron chi connectivity index (χ2n) is 3.44. The van der Waals surface area contributed by atoms with Gasteiger partial charge in [-0.3, -0.25) is 20.3 Å². The number of nitro benzene ring substituents is 1. The highest BCUT2D eigenvalue weighted by Crippen LogP contribution is 2.30. The summed E-state index contributed by atoms with van der Waals surface area (Å²) in [6, 6.07) is 3.77. The molecule has 0 aliphatic heterocycles. The molecule has 0 saturated heterocycles. The summed E-state index contributed by atoms with van der Waals surface area (Å²) in [6.45, 7) is -0.118. The monoisotopic (exact) mass is 289 g/mol. The molecule has 0 aromatic heterocycles. The van der Waals surface area contributed by atoms with Gasteiger partial charge in [-0.15, -0.1) is 0 Å². The van der Waals surface area contributed by atoms with Gasteiger partial charge in [0.05, 0.1) is 11.5 Å². The summed E-state index contributed by atoms with van der Waals surface area (Å²) in [4.78, 5) is 21.6. The van der Waals surface area contributed by atoms with Crippen molar-refractivity contribution in [3.8, 4) is 5.75 Å². The Morgan fingerprint density at radius 1 is 1.63 bits per heavy atom. The van der Waals surface area contributed by atoms with E-state index in [1.807, 2.05) is 5.43 Å². The highest BCUT2D eigenvalue weighted by molar-refractivity contribution is 6.30. The van der Waals surface area contributed by atoms with Crippen molar-refractivity contribution in [1.29, 1.82) is 0 Å². The molecule has 9 heteroatoms. The van der Waals surface area contributed by atoms with E-state index in [2.05, 4.69) is 0 Å². The smallest absolute Gasteiger partial charge is 0.311 e. The molecular formula is C10H12ClN3O5. The molecule has 0 spiro atoms. The fourth-order valence-corrected chi connectivity index (χ4v) is 1.46. The zero-order valence-electron chi connectivity index (χ0n) is 9.96. The predicted molar refractivity (Wildman–Crippen MR) is 66.7 cm³/mol. The molecule has 0 bridgehead atoms. The van der Waals surface area contributed by atoms with Crippen LogP contribution in [0.25, 0.3) is 0 Å². The van der Waals surface area contributed by atoms with Gasteiger partial charge in [-0.05, 0) is 6.07 Å². The van der Waals surface area contributed by atoms with E-state index in [-0.39, 0.29) is 23.1 Å². The third kappa shape index (κ3) is 4.05. The third-order valence-corrected chi connectivity index (χ3v) is 2.38. The predicted octanol–water partition coefficient (Wildman–Crippen LogP) is 0.632. The first-order chi connectivity index (χ1) is 8.99. The topological polar surface area (TPSA) is 117 Å². The molecule has 0 heterocycles. The van der Waals surface area contributed by atoms with Crippen LogP contribution in [0.2, 0.25) is 5.02 Å². The first kappa shape index (κ1) is 15.2. The Balaban J connectivity index is 3.04. The summed E-state index contributed by atoms with van der Waals surface area (Å²) in [5.41, 5.74) is 1.58. The molecule has 8 nitrogen and oxygen atoms in total. The van der Waals surface area contributed by atoms with Gasteiger partial charge in [-0.2, -0.15) is 0 Å². The lowest BCUT2D eigenvalue weighted by atomic mass is 10.3. The molecule has 0 aliphatic carbocycles. The van der Waals surface area contributed by atoms with Crippen LogP contribution in [0.15, 0.2) is 18.2 Å².